The summed E-state index contributed by atoms with van der Waals surface area (Å²) in [5.74, 6) is 0. The van der Waals surface area contributed by atoms with Crippen LogP contribution in [0.1, 0.15) is 18.9 Å². The van der Waals surface area contributed by atoms with Gasteiger partial charge in [-0.25, -0.2) is 13.1 Å². The van der Waals surface area contributed by atoms with Gasteiger partial charge in [-0.15, -0.1) is 0 Å². The van der Waals surface area contributed by atoms with E-state index in [0.29, 0.717) is 11.4 Å². The van der Waals surface area contributed by atoms with Crippen molar-refractivity contribution in [2.75, 3.05) is 19.6 Å². The Morgan fingerprint density at radius 1 is 1.12 bits per heavy atom. The van der Waals surface area contributed by atoms with Gasteiger partial charge < -0.3 is 5.32 Å². The van der Waals surface area contributed by atoms with Gasteiger partial charge in [0.05, 0.1) is 4.90 Å². The van der Waals surface area contributed by atoms with Gasteiger partial charge in [0.25, 0.3) is 0 Å². The summed E-state index contributed by atoms with van der Waals surface area (Å²) in [5.41, 5.74) is 1.05. The summed E-state index contributed by atoms with van der Waals surface area (Å²) in [6.45, 7) is 6.15. The number of nitrogens with one attached hydrogen (secondary N) is 2. The van der Waals surface area contributed by atoms with Crippen LogP contribution in [-0.4, -0.2) is 28.1 Å². The van der Waals surface area contributed by atoms with Gasteiger partial charge in [-0.1, -0.05) is 24.6 Å². The fourth-order valence-electron chi connectivity index (χ4n) is 1.40. The van der Waals surface area contributed by atoms with E-state index in [-0.39, 0.29) is 0 Å². The van der Waals surface area contributed by atoms with Crippen molar-refractivity contribution in [2.24, 2.45) is 0 Å². The highest BCUT2D eigenvalue weighted by Crippen LogP contribution is 2.09. The van der Waals surface area contributed by atoms with Gasteiger partial charge in [-0.2, -0.15) is 0 Å². The lowest BCUT2D eigenvalue weighted by Crippen LogP contribution is -2.27. The van der Waals surface area contributed by atoms with E-state index in [2.05, 4.69) is 10.0 Å². The SMILES string of the molecule is CCNCCCNS(=O)(=O)c1ccc(C)cc1. The fraction of sp³-hybridized carbons (Fsp3) is 0.500. The maximum atomic E-state index is 11.8. The van der Waals surface area contributed by atoms with Crippen LogP contribution < -0.4 is 10.0 Å². The summed E-state index contributed by atoms with van der Waals surface area (Å²) in [6.07, 6.45) is 0.791. The maximum Gasteiger partial charge on any atom is 0.240 e. The second-order valence-electron chi connectivity index (χ2n) is 3.92. The predicted octanol–water partition coefficient (Wildman–Crippen LogP) is 1.27. The molecule has 0 aliphatic heterocycles. The van der Waals surface area contributed by atoms with Crippen molar-refractivity contribution >= 4 is 10.0 Å². The van der Waals surface area contributed by atoms with E-state index in [1.165, 1.54) is 0 Å². The van der Waals surface area contributed by atoms with E-state index < -0.39 is 10.0 Å². The first-order valence-corrected chi connectivity index (χ1v) is 7.31. The first-order valence-electron chi connectivity index (χ1n) is 5.83. The zero-order valence-electron chi connectivity index (χ0n) is 10.4. The molecule has 0 radical (unpaired) electrons. The van der Waals surface area contributed by atoms with Crippen LogP contribution in [0.25, 0.3) is 0 Å². The summed E-state index contributed by atoms with van der Waals surface area (Å²) in [6, 6.07) is 6.85. The summed E-state index contributed by atoms with van der Waals surface area (Å²) in [5, 5.41) is 3.15. The van der Waals surface area contributed by atoms with Gasteiger partial charge in [0, 0.05) is 6.54 Å². The average molecular weight is 256 g/mol. The van der Waals surface area contributed by atoms with Gasteiger partial charge in [-0.3, -0.25) is 0 Å². The van der Waals surface area contributed by atoms with Crippen LogP contribution in [-0.2, 0) is 10.0 Å². The second kappa shape index (κ2) is 6.74. The van der Waals surface area contributed by atoms with E-state index in [1.54, 1.807) is 24.3 Å². The molecule has 0 spiro atoms. The van der Waals surface area contributed by atoms with Crippen LogP contribution in [0, 0.1) is 6.92 Å². The highest BCUT2D eigenvalue weighted by Gasteiger charge is 2.11. The van der Waals surface area contributed by atoms with E-state index in [0.717, 1.165) is 25.1 Å². The Morgan fingerprint density at radius 3 is 2.35 bits per heavy atom. The molecule has 0 aromatic heterocycles. The van der Waals surface area contributed by atoms with E-state index in [4.69, 9.17) is 0 Å². The average Bonchev–Trinajstić information content (AvgIpc) is 2.29. The number of aryl methyl sites for hydroxylation is 1. The van der Waals surface area contributed by atoms with Crippen molar-refractivity contribution in [3.8, 4) is 0 Å². The molecule has 2 N–H and O–H groups in total. The molecule has 0 unspecified atom stereocenters. The minimum atomic E-state index is -3.34. The predicted molar refractivity (Wildman–Crippen MR) is 69.5 cm³/mol. The van der Waals surface area contributed by atoms with Crippen LogP contribution >= 0.6 is 0 Å². The molecule has 1 aromatic rings. The molecule has 17 heavy (non-hydrogen) atoms. The van der Waals surface area contributed by atoms with Crippen LogP contribution in [0.2, 0.25) is 0 Å². The minimum absolute atomic E-state index is 0.326. The number of benzene rings is 1. The van der Waals surface area contributed by atoms with Crippen molar-refractivity contribution in [2.45, 2.75) is 25.2 Å². The van der Waals surface area contributed by atoms with Crippen molar-refractivity contribution < 1.29 is 8.42 Å². The maximum absolute atomic E-state index is 11.8. The smallest absolute Gasteiger partial charge is 0.240 e. The van der Waals surface area contributed by atoms with Crippen molar-refractivity contribution in [3.05, 3.63) is 29.8 Å². The van der Waals surface area contributed by atoms with Crippen LogP contribution in [0.15, 0.2) is 29.2 Å². The molecule has 0 saturated carbocycles. The van der Waals surface area contributed by atoms with Gasteiger partial charge >= 0.3 is 0 Å². The first kappa shape index (κ1) is 14.2. The quantitative estimate of drug-likeness (QED) is 0.722. The lowest BCUT2D eigenvalue weighted by atomic mass is 10.2. The second-order valence-corrected chi connectivity index (χ2v) is 5.68. The van der Waals surface area contributed by atoms with Crippen molar-refractivity contribution in [1.82, 2.24) is 10.0 Å². The normalized spacial score (nSPS) is 11.6. The lowest BCUT2D eigenvalue weighted by Gasteiger charge is -2.07. The Kier molecular flexibility index (Phi) is 5.61. The zero-order chi connectivity index (χ0) is 12.7. The number of hydrogen-bond donors (Lipinski definition) is 2. The molecule has 4 nitrogen and oxygen atoms in total. The first-order chi connectivity index (χ1) is 8.06. The third-order valence-corrected chi connectivity index (χ3v) is 3.88. The van der Waals surface area contributed by atoms with Crippen LogP contribution in [0.5, 0.6) is 0 Å². The standard InChI is InChI=1S/C12H20N2O2S/c1-3-13-9-4-10-14-17(15,16)12-7-5-11(2)6-8-12/h5-8,13-14H,3-4,9-10H2,1-2H3. The molecule has 0 heterocycles. The monoisotopic (exact) mass is 256 g/mol. The van der Waals surface area contributed by atoms with Gasteiger partial charge in [0.15, 0.2) is 0 Å². The molecule has 96 valence electrons. The van der Waals surface area contributed by atoms with E-state index >= 15 is 0 Å². The third kappa shape index (κ3) is 4.85. The van der Waals surface area contributed by atoms with Crippen LogP contribution in [0.3, 0.4) is 0 Å². The van der Waals surface area contributed by atoms with E-state index in [1.807, 2.05) is 13.8 Å². The topological polar surface area (TPSA) is 58.2 Å². The van der Waals surface area contributed by atoms with E-state index in [9.17, 15) is 8.42 Å². The fourth-order valence-corrected chi connectivity index (χ4v) is 2.47. The molecule has 0 aliphatic carbocycles. The Morgan fingerprint density at radius 2 is 1.76 bits per heavy atom. The number of hydrogen-bond acceptors (Lipinski definition) is 3. The molecular formula is C12H20N2O2S. The summed E-state index contributed by atoms with van der Waals surface area (Å²) < 4.78 is 26.3. The number of sulfonamides is 1. The number of rotatable bonds is 7. The molecule has 0 saturated heterocycles. The minimum Gasteiger partial charge on any atom is -0.317 e. The largest absolute Gasteiger partial charge is 0.317 e. The molecular weight excluding hydrogens is 236 g/mol. The van der Waals surface area contributed by atoms with Crippen molar-refractivity contribution in [3.63, 3.8) is 0 Å². The zero-order valence-corrected chi connectivity index (χ0v) is 11.2. The van der Waals surface area contributed by atoms with Crippen LogP contribution in [0.4, 0.5) is 0 Å². The highest BCUT2D eigenvalue weighted by atomic mass is 32.2. The summed E-state index contributed by atoms with van der Waals surface area (Å²) >= 11 is 0. The molecule has 1 rings (SSSR count). The van der Waals surface area contributed by atoms with Gasteiger partial charge in [-0.05, 0) is 38.6 Å². The molecule has 5 heteroatoms. The molecule has 0 bridgehead atoms. The van der Waals surface area contributed by atoms with Crippen molar-refractivity contribution in [1.29, 1.82) is 0 Å². The molecule has 0 amide bonds. The molecule has 1 aromatic carbocycles. The molecule has 0 atom stereocenters. The lowest BCUT2D eigenvalue weighted by molar-refractivity contribution is 0.575. The highest BCUT2D eigenvalue weighted by molar-refractivity contribution is 7.89. The Bertz CT molecular complexity index is 426. The summed E-state index contributed by atoms with van der Waals surface area (Å²) in [4.78, 5) is 0.326. The Balaban J connectivity index is 2.48. The Labute approximate surface area is 103 Å². The van der Waals surface area contributed by atoms with Gasteiger partial charge in [0.2, 0.25) is 10.0 Å². The Hall–Kier alpha value is -0.910. The third-order valence-electron chi connectivity index (χ3n) is 2.40. The van der Waals surface area contributed by atoms with Gasteiger partial charge in [0.1, 0.15) is 0 Å². The molecule has 0 fully saturated rings. The summed E-state index contributed by atoms with van der Waals surface area (Å²) in [7, 11) is -3.34. The molecule has 0 aliphatic rings.